The maximum Gasteiger partial charge on any atom is 0.165 e. The van der Waals surface area contributed by atoms with Gasteiger partial charge in [0.15, 0.2) is 12.3 Å². The highest BCUT2D eigenvalue weighted by Crippen LogP contribution is 2.28. The van der Waals surface area contributed by atoms with Crippen molar-refractivity contribution < 1.29 is 17.6 Å². The van der Waals surface area contributed by atoms with Crippen molar-refractivity contribution in [3.63, 3.8) is 0 Å². The molecule has 0 aliphatic heterocycles. The summed E-state index contributed by atoms with van der Waals surface area (Å²) in [5.41, 5.74) is 0. The third-order valence-corrected chi connectivity index (χ3v) is 1.71. The molecule has 0 N–H and O–H groups in total. The SMILES string of the molecule is FC1CCC(F)[C@@H](F)C1F. The van der Waals surface area contributed by atoms with Gasteiger partial charge < -0.3 is 0 Å². The molecule has 1 fully saturated rings. The highest BCUT2D eigenvalue weighted by atomic mass is 19.2. The van der Waals surface area contributed by atoms with Crippen molar-refractivity contribution >= 4 is 0 Å². The van der Waals surface area contributed by atoms with Gasteiger partial charge >= 0.3 is 0 Å². The van der Waals surface area contributed by atoms with E-state index in [9.17, 15) is 17.6 Å². The van der Waals surface area contributed by atoms with E-state index in [1.807, 2.05) is 0 Å². The first-order valence-electron chi connectivity index (χ1n) is 3.19. The molecular formula is C6H8F4. The van der Waals surface area contributed by atoms with Crippen LogP contribution in [0.25, 0.3) is 0 Å². The lowest BCUT2D eigenvalue weighted by Crippen LogP contribution is -2.40. The van der Waals surface area contributed by atoms with Crippen LogP contribution in [0, 0.1) is 0 Å². The molecule has 1 aliphatic carbocycles. The summed E-state index contributed by atoms with van der Waals surface area (Å²) in [6, 6.07) is 0. The maximum atomic E-state index is 12.2. The van der Waals surface area contributed by atoms with Crippen LogP contribution in [0.5, 0.6) is 0 Å². The molecule has 10 heavy (non-hydrogen) atoms. The van der Waals surface area contributed by atoms with E-state index in [1.54, 1.807) is 0 Å². The first-order valence-corrected chi connectivity index (χ1v) is 3.19. The standard InChI is InChI=1S/C6H8F4/c7-3-1-2-4(8)6(10)5(3)9/h3-6H,1-2H2/t3?,4?,5-,6?/m1/s1. The Morgan fingerprint density at radius 1 is 0.700 bits per heavy atom. The number of hydrogen-bond donors (Lipinski definition) is 0. The lowest BCUT2D eigenvalue weighted by atomic mass is 9.94. The second-order valence-electron chi connectivity index (χ2n) is 2.50. The van der Waals surface area contributed by atoms with Crippen LogP contribution in [-0.2, 0) is 0 Å². The van der Waals surface area contributed by atoms with Gasteiger partial charge in [0.2, 0.25) is 0 Å². The van der Waals surface area contributed by atoms with Gasteiger partial charge in [0.1, 0.15) is 12.3 Å². The molecule has 4 heteroatoms. The average Bonchev–Trinajstić information content (AvgIpc) is 1.93. The number of halogens is 4. The molecule has 60 valence electrons. The molecule has 0 nitrogen and oxygen atoms in total. The quantitative estimate of drug-likeness (QED) is 0.471. The van der Waals surface area contributed by atoms with Crippen molar-refractivity contribution in [2.24, 2.45) is 0 Å². The fourth-order valence-corrected chi connectivity index (χ4v) is 1.04. The van der Waals surface area contributed by atoms with Gasteiger partial charge in [-0.1, -0.05) is 0 Å². The monoisotopic (exact) mass is 156 g/mol. The van der Waals surface area contributed by atoms with Crippen LogP contribution in [0.15, 0.2) is 0 Å². The molecule has 0 aromatic heterocycles. The number of hydrogen-bond acceptors (Lipinski definition) is 0. The molecule has 0 amide bonds. The second kappa shape index (κ2) is 2.76. The van der Waals surface area contributed by atoms with Crippen molar-refractivity contribution in [1.29, 1.82) is 0 Å². The van der Waals surface area contributed by atoms with Gasteiger partial charge in [-0.3, -0.25) is 0 Å². The summed E-state index contributed by atoms with van der Waals surface area (Å²) in [6.07, 6.45) is -8.57. The van der Waals surface area contributed by atoms with E-state index in [1.165, 1.54) is 0 Å². The highest BCUT2D eigenvalue weighted by molar-refractivity contribution is 4.88. The van der Waals surface area contributed by atoms with Crippen LogP contribution in [0.2, 0.25) is 0 Å². The summed E-state index contributed by atoms with van der Waals surface area (Å²) < 4.78 is 48.9. The van der Waals surface area contributed by atoms with Crippen molar-refractivity contribution in [2.45, 2.75) is 37.5 Å². The largest absolute Gasteiger partial charge is 0.244 e. The third kappa shape index (κ3) is 1.25. The van der Waals surface area contributed by atoms with Crippen LogP contribution in [-0.4, -0.2) is 24.7 Å². The van der Waals surface area contributed by atoms with E-state index in [0.717, 1.165) is 0 Å². The predicted octanol–water partition coefficient (Wildman–Crippen LogP) is 2.13. The van der Waals surface area contributed by atoms with Gasteiger partial charge in [-0.2, -0.15) is 0 Å². The molecule has 3 unspecified atom stereocenters. The van der Waals surface area contributed by atoms with E-state index in [-0.39, 0.29) is 12.8 Å². The number of rotatable bonds is 0. The normalized spacial score (nSPS) is 49.2. The summed E-state index contributed by atoms with van der Waals surface area (Å²) in [4.78, 5) is 0. The third-order valence-electron chi connectivity index (χ3n) is 1.71. The van der Waals surface area contributed by atoms with Crippen molar-refractivity contribution in [3.05, 3.63) is 0 Å². The molecule has 1 saturated carbocycles. The molecule has 0 bridgehead atoms. The fraction of sp³-hybridized carbons (Fsp3) is 1.00. The van der Waals surface area contributed by atoms with Gasteiger partial charge in [-0.05, 0) is 12.8 Å². The molecule has 0 aromatic rings. The second-order valence-corrected chi connectivity index (χ2v) is 2.50. The summed E-state index contributed by atoms with van der Waals surface area (Å²) in [6.45, 7) is 0. The summed E-state index contributed by atoms with van der Waals surface area (Å²) in [5, 5.41) is 0. The molecule has 0 saturated heterocycles. The molecule has 1 aliphatic rings. The minimum absolute atomic E-state index is 0.206. The van der Waals surface area contributed by atoms with Crippen LogP contribution in [0.3, 0.4) is 0 Å². The molecule has 4 atom stereocenters. The van der Waals surface area contributed by atoms with Crippen LogP contribution in [0.1, 0.15) is 12.8 Å². The van der Waals surface area contributed by atoms with Gasteiger partial charge in [0.25, 0.3) is 0 Å². The molecule has 0 radical (unpaired) electrons. The predicted molar refractivity (Wildman–Crippen MR) is 28.8 cm³/mol. The minimum Gasteiger partial charge on any atom is -0.244 e. The van der Waals surface area contributed by atoms with E-state index in [2.05, 4.69) is 0 Å². The molecular weight excluding hydrogens is 148 g/mol. The Bertz CT molecular complexity index is 102. The Kier molecular flexibility index (Phi) is 2.16. The van der Waals surface area contributed by atoms with E-state index in [4.69, 9.17) is 0 Å². The Morgan fingerprint density at radius 3 is 1.30 bits per heavy atom. The Hall–Kier alpha value is -0.280. The Labute approximate surface area is 56.2 Å². The highest BCUT2D eigenvalue weighted by Gasteiger charge is 2.40. The first kappa shape index (κ1) is 7.82. The molecule has 0 aromatic carbocycles. The van der Waals surface area contributed by atoms with Gasteiger partial charge in [-0.25, -0.2) is 17.6 Å². The minimum atomic E-state index is -2.26. The average molecular weight is 156 g/mol. The van der Waals surface area contributed by atoms with Crippen LogP contribution < -0.4 is 0 Å². The lowest BCUT2D eigenvalue weighted by molar-refractivity contribution is -0.00803. The molecule has 0 spiro atoms. The van der Waals surface area contributed by atoms with Crippen molar-refractivity contribution in [1.82, 2.24) is 0 Å². The summed E-state index contributed by atoms with van der Waals surface area (Å²) in [7, 11) is 0. The topological polar surface area (TPSA) is 0 Å². The summed E-state index contributed by atoms with van der Waals surface area (Å²) in [5.74, 6) is 0. The lowest BCUT2D eigenvalue weighted by Gasteiger charge is -2.25. The Morgan fingerprint density at radius 2 is 1.00 bits per heavy atom. The number of alkyl halides is 4. The van der Waals surface area contributed by atoms with E-state index < -0.39 is 24.7 Å². The zero-order chi connectivity index (χ0) is 7.72. The van der Waals surface area contributed by atoms with Gasteiger partial charge in [0, 0.05) is 0 Å². The molecule has 0 heterocycles. The van der Waals surface area contributed by atoms with Crippen LogP contribution >= 0.6 is 0 Å². The zero-order valence-corrected chi connectivity index (χ0v) is 5.24. The van der Waals surface area contributed by atoms with Crippen molar-refractivity contribution in [2.75, 3.05) is 0 Å². The zero-order valence-electron chi connectivity index (χ0n) is 5.24. The van der Waals surface area contributed by atoms with Crippen molar-refractivity contribution in [3.8, 4) is 0 Å². The fourth-order valence-electron chi connectivity index (χ4n) is 1.04. The van der Waals surface area contributed by atoms with E-state index in [0.29, 0.717) is 0 Å². The maximum absolute atomic E-state index is 12.2. The van der Waals surface area contributed by atoms with E-state index >= 15 is 0 Å². The smallest absolute Gasteiger partial charge is 0.165 e. The van der Waals surface area contributed by atoms with Gasteiger partial charge in [-0.15, -0.1) is 0 Å². The molecule has 1 rings (SSSR count). The Balaban J connectivity index is 2.52. The summed E-state index contributed by atoms with van der Waals surface area (Å²) >= 11 is 0. The first-order chi connectivity index (χ1) is 4.63. The van der Waals surface area contributed by atoms with Gasteiger partial charge in [0.05, 0.1) is 0 Å². The van der Waals surface area contributed by atoms with Crippen LogP contribution in [0.4, 0.5) is 17.6 Å².